The molecule has 0 aliphatic heterocycles. The number of rotatable bonds is 9. The lowest BCUT2D eigenvalue weighted by molar-refractivity contribution is -0.147. The summed E-state index contributed by atoms with van der Waals surface area (Å²) in [6.45, 7) is 1.74. The molecule has 0 spiro atoms. The van der Waals surface area contributed by atoms with Crippen LogP contribution in [0.5, 0.6) is 11.5 Å². The maximum absolute atomic E-state index is 12.0. The second kappa shape index (κ2) is 9.48. The summed E-state index contributed by atoms with van der Waals surface area (Å²) < 4.78 is 4.91. The fraction of sp³-hybridized carbons (Fsp3) is 0.438. The second-order valence-corrected chi connectivity index (χ2v) is 5.38. The van der Waals surface area contributed by atoms with Crippen LogP contribution in [0.4, 0.5) is 0 Å². The van der Waals surface area contributed by atoms with Crippen LogP contribution >= 0.6 is 0 Å². The van der Waals surface area contributed by atoms with E-state index >= 15 is 0 Å². The van der Waals surface area contributed by atoms with E-state index in [-0.39, 0.29) is 37.4 Å². The minimum Gasteiger partial charge on any atom is -0.504 e. The Morgan fingerprint density at radius 3 is 2.48 bits per heavy atom. The molecule has 138 valence electrons. The maximum Gasteiger partial charge on any atom is 0.328 e. The maximum atomic E-state index is 12.0. The van der Waals surface area contributed by atoms with Gasteiger partial charge in [-0.25, -0.2) is 4.79 Å². The molecule has 0 aliphatic rings. The summed E-state index contributed by atoms with van der Waals surface area (Å²) in [5, 5.41) is 30.0. The molecule has 9 heteroatoms. The topological polar surface area (TPSA) is 159 Å². The summed E-state index contributed by atoms with van der Waals surface area (Å²) in [7, 11) is 0. The number of phenols is 2. The van der Waals surface area contributed by atoms with Gasteiger partial charge in [-0.15, -0.1) is 0 Å². The molecule has 1 rings (SSSR count). The molecule has 0 bridgehead atoms. The Kier molecular flexibility index (Phi) is 7.67. The van der Waals surface area contributed by atoms with E-state index in [0.29, 0.717) is 5.56 Å². The molecule has 0 fully saturated rings. The van der Waals surface area contributed by atoms with Crippen LogP contribution in [0.1, 0.15) is 25.3 Å². The van der Waals surface area contributed by atoms with Crippen LogP contribution in [-0.2, 0) is 25.5 Å². The van der Waals surface area contributed by atoms with Gasteiger partial charge < -0.3 is 31.1 Å². The molecule has 9 nitrogen and oxygen atoms in total. The van der Waals surface area contributed by atoms with Crippen molar-refractivity contribution in [2.75, 3.05) is 6.61 Å². The third kappa shape index (κ3) is 6.68. The number of nitrogens with two attached hydrogens (primary N) is 1. The Bertz CT molecular complexity index is 633. The van der Waals surface area contributed by atoms with Crippen molar-refractivity contribution in [2.45, 2.75) is 38.3 Å². The summed E-state index contributed by atoms with van der Waals surface area (Å²) >= 11 is 0. The van der Waals surface area contributed by atoms with Crippen molar-refractivity contribution >= 4 is 17.8 Å². The van der Waals surface area contributed by atoms with Crippen LogP contribution in [0.15, 0.2) is 18.2 Å². The Balaban J connectivity index is 2.75. The lowest BCUT2D eigenvalue weighted by Gasteiger charge is -2.18. The van der Waals surface area contributed by atoms with Gasteiger partial charge in [0, 0.05) is 12.8 Å². The van der Waals surface area contributed by atoms with Gasteiger partial charge in [-0.3, -0.25) is 9.59 Å². The SMILES string of the molecule is CCOC(=O)[C@H](Cc1ccc(O)c(O)c1)NC(=O)CC[C@H](N)C(=O)O. The van der Waals surface area contributed by atoms with Gasteiger partial charge in [-0.1, -0.05) is 6.07 Å². The van der Waals surface area contributed by atoms with E-state index in [9.17, 15) is 24.6 Å². The van der Waals surface area contributed by atoms with E-state index in [4.69, 9.17) is 15.6 Å². The number of carboxylic acid groups (broad SMARTS) is 1. The first-order chi connectivity index (χ1) is 11.7. The molecule has 0 radical (unpaired) electrons. The van der Waals surface area contributed by atoms with Crippen molar-refractivity contribution in [3.05, 3.63) is 23.8 Å². The van der Waals surface area contributed by atoms with Crippen LogP contribution < -0.4 is 11.1 Å². The average molecular weight is 354 g/mol. The summed E-state index contributed by atoms with van der Waals surface area (Å²) in [4.78, 5) is 34.6. The molecular weight excluding hydrogens is 332 g/mol. The normalized spacial score (nSPS) is 12.9. The molecule has 6 N–H and O–H groups in total. The van der Waals surface area contributed by atoms with Crippen molar-refractivity contribution in [2.24, 2.45) is 5.73 Å². The Hall–Kier alpha value is -2.81. The zero-order valence-corrected chi connectivity index (χ0v) is 13.8. The monoisotopic (exact) mass is 354 g/mol. The van der Waals surface area contributed by atoms with Gasteiger partial charge in [-0.2, -0.15) is 0 Å². The number of aliphatic carboxylic acids is 1. The lowest BCUT2D eigenvalue weighted by atomic mass is 10.0. The van der Waals surface area contributed by atoms with Crippen LogP contribution in [0.3, 0.4) is 0 Å². The first-order valence-corrected chi connectivity index (χ1v) is 7.69. The standard InChI is InChI=1S/C16H22N2O7/c1-2-25-16(24)11(7-9-3-5-12(19)13(20)8-9)18-14(21)6-4-10(17)15(22)23/h3,5,8,10-11,19-20H,2,4,6-7,17H2,1H3,(H,18,21)(H,22,23)/t10-,11-/m0/s1. The molecule has 1 amide bonds. The zero-order valence-electron chi connectivity index (χ0n) is 13.8. The predicted octanol–water partition coefficient (Wildman–Crippen LogP) is -0.120. The molecule has 2 atom stereocenters. The van der Waals surface area contributed by atoms with E-state index in [1.165, 1.54) is 18.2 Å². The molecule has 25 heavy (non-hydrogen) atoms. The Morgan fingerprint density at radius 1 is 1.24 bits per heavy atom. The number of hydrogen-bond acceptors (Lipinski definition) is 7. The minimum absolute atomic E-state index is 0.0311. The summed E-state index contributed by atoms with van der Waals surface area (Å²) in [5.74, 6) is -3.07. The highest BCUT2D eigenvalue weighted by Crippen LogP contribution is 2.25. The molecular formula is C16H22N2O7. The molecule has 1 aromatic carbocycles. The number of hydrogen-bond donors (Lipinski definition) is 5. The first-order valence-electron chi connectivity index (χ1n) is 7.69. The number of carbonyl (C=O) groups is 3. The molecule has 0 saturated carbocycles. The second-order valence-electron chi connectivity index (χ2n) is 5.38. The van der Waals surface area contributed by atoms with E-state index in [1.807, 2.05) is 0 Å². The smallest absolute Gasteiger partial charge is 0.328 e. The fourth-order valence-corrected chi connectivity index (χ4v) is 2.04. The van der Waals surface area contributed by atoms with Crippen molar-refractivity contribution in [1.82, 2.24) is 5.32 Å². The minimum atomic E-state index is -1.21. The summed E-state index contributed by atoms with van der Waals surface area (Å²) in [5.41, 5.74) is 5.83. The highest BCUT2D eigenvalue weighted by molar-refractivity contribution is 5.85. The first kappa shape index (κ1) is 20.2. The Morgan fingerprint density at radius 2 is 1.92 bits per heavy atom. The highest BCUT2D eigenvalue weighted by atomic mass is 16.5. The van der Waals surface area contributed by atoms with Gasteiger partial charge in [0.25, 0.3) is 0 Å². The number of ether oxygens (including phenoxy) is 1. The average Bonchev–Trinajstić information content (AvgIpc) is 2.55. The van der Waals surface area contributed by atoms with Crippen LogP contribution in [0.2, 0.25) is 0 Å². The van der Waals surface area contributed by atoms with E-state index in [0.717, 1.165) is 0 Å². The van der Waals surface area contributed by atoms with Gasteiger partial charge in [0.1, 0.15) is 12.1 Å². The van der Waals surface area contributed by atoms with Gasteiger partial charge >= 0.3 is 11.9 Å². The van der Waals surface area contributed by atoms with Crippen LogP contribution in [-0.4, -0.2) is 51.9 Å². The van der Waals surface area contributed by atoms with Crippen molar-refractivity contribution in [1.29, 1.82) is 0 Å². The number of phenolic OH excluding ortho intramolecular Hbond substituents is 2. The molecule has 0 saturated heterocycles. The third-order valence-corrected chi connectivity index (χ3v) is 3.39. The number of benzene rings is 1. The summed E-state index contributed by atoms with van der Waals surface area (Å²) in [6.07, 6.45) is -0.204. The van der Waals surface area contributed by atoms with Crippen molar-refractivity contribution in [3.63, 3.8) is 0 Å². The molecule has 0 unspecified atom stereocenters. The number of nitrogens with one attached hydrogen (secondary N) is 1. The van der Waals surface area contributed by atoms with Crippen LogP contribution in [0.25, 0.3) is 0 Å². The van der Waals surface area contributed by atoms with Crippen molar-refractivity contribution < 1.29 is 34.4 Å². The lowest BCUT2D eigenvalue weighted by Crippen LogP contribution is -2.44. The van der Waals surface area contributed by atoms with E-state index in [2.05, 4.69) is 5.32 Å². The molecule has 0 aliphatic carbocycles. The highest BCUT2D eigenvalue weighted by Gasteiger charge is 2.23. The quantitative estimate of drug-likeness (QED) is 0.303. The Labute approximate surface area is 144 Å². The number of aromatic hydroxyl groups is 2. The molecule has 0 aromatic heterocycles. The molecule has 1 aromatic rings. The van der Waals surface area contributed by atoms with E-state index in [1.54, 1.807) is 6.92 Å². The zero-order chi connectivity index (χ0) is 19.0. The summed E-state index contributed by atoms with van der Waals surface area (Å²) in [6, 6.07) is 1.85. The number of carboxylic acids is 1. The van der Waals surface area contributed by atoms with Gasteiger partial charge in [0.2, 0.25) is 5.91 Å². The molecule has 0 heterocycles. The van der Waals surface area contributed by atoms with Gasteiger partial charge in [0.05, 0.1) is 6.61 Å². The van der Waals surface area contributed by atoms with Crippen molar-refractivity contribution in [3.8, 4) is 11.5 Å². The number of esters is 1. The van der Waals surface area contributed by atoms with Gasteiger partial charge in [0.15, 0.2) is 11.5 Å². The van der Waals surface area contributed by atoms with Crippen LogP contribution in [0, 0.1) is 0 Å². The number of carbonyl (C=O) groups excluding carboxylic acids is 2. The predicted molar refractivity (Wildman–Crippen MR) is 86.9 cm³/mol. The van der Waals surface area contributed by atoms with Gasteiger partial charge in [-0.05, 0) is 31.0 Å². The largest absolute Gasteiger partial charge is 0.504 e. The number of amides is 1. The fourth-order valence-electron chi connectivity index (χ4n) is 2.04. The van der Waals surface area contributed by atoms with E-state index < -0.39 is 29.9 Å². The third-order valence-electron chi connectivity index (χ3n) is 3.39.